The van der Waals surface area contributed by atoms with Gasteiger partial charge < -0.3 is 4.74 Å². The normalized spacial score (nSPS) is 14.2. The van der Waals surface area contributed by atoms with Crippen molar-refractivity contribution in [2.24, 2.45) is 0 Å². The molecule has 5 rings (SSSR count). The van der Waals surface area contributed by atoms with Crippen LogP contribution in [0.4, 0.5) is 5.69 Å². The second-order valence-corrected chi connectivity index (χ2v) is 8.66. The summed E-state index contributed by atoms with van der Waals surface area (Å²) in [6.07, 6.45) is 7.79. The summed E-state index contributed by atoms with van der Waals surface area (Å²) in [4.78, 5) is 27.9. The van der Waals surface area contributed by atoms with Gasteiger partial charge in [0, 0.05) is 29.3 Å². The lowest BCUT2D eigenvalue weighted by Gasteiger charge is -2.22. The highest BCUT2D eigenvalue weighted by Gasteiger charge is 2.25. The van der Waals surface area contributed by atoms with Crippen molar-refractivity contribution in [2.75, 3.05) is 6.61 Å². The second kappa shape index (κ2) is 9.61. The molecular formula is C26H25N5O4. The molecule has 0 N–H and O–H groups in total. The van der Waals surface area contributed by atoms with Gasteiger partial charge >= 0.3 is 5.97 Å². The molecule has 2 aromatic carbocycles. The molecule has 0 unspecified atom stereocenters. The van der Waals surface area contributed by atoms with Crippen LogP contribution < -0.4 is 0 Å². The summed E-state index contributed by atoms with van der Waals surface area (Å²) < 4.78 is 6.81. The first kappa shape index (κ1) is 22.6. The Balaban J connectivity index is 1.68. The Bertz CT molecular complexity index is 1390. The Morgan fingerprint density at radius 1 is 1.11 bits per heavy atom. The number of non-ortho nitro benzene ring substituents is 1. The van der Waals surface area contributed by atoms with Crippen molar-refractivity contribution in [1.29, 1.82) is 0 Å². The quantitative estimate of drug-likeness (QED) is 0.204. The number of nitro benzene ring substituents is 1. The number of pyridine rings is 1. The van der Waals surface area contributed by atoms with E-state index in [1.165, 1.54) is 49.8 Å². The zero-order valence-corrected chi connectivity index (χ0v) is 19.4. The average Bonchev–Trinajstić information content (AvgIpc) is 3.34. The monoisotopic (exact) mass is 471 g/mol. The van der Waals surface area contributed by atoms with E-state index >= 15 is 0 Å². The van der Waals surface area contributed by atoms with E-state index in [9.17, 15) is 14.9 Å². The maximum atomic E-state index is 12.7. The Kier molecular flexibility index (Phi) is 6.22. The molecule has 0 saturated heterocycles. The smallest absolute Gasteiger partial charge is 0.361 e. The summed E-state index contributed by atoms with van der Waals surface area (Å²) >= 11 is 0. The Morgan fingerprint density at radius 3 is 2.60 bits per heavy atom. The van der Waals surface area contributed by atoms with Crippen LogP contribution in [0.25, 0.3) is 27.8 Å². The van der Waals surface area contributed by atoms with Gasteiger partial charge in [-0.3, -0.25) is 15.1 Å². The SMILES string of the molecule is CCOC(=O)c1nnn(-c2ccnc3ccc(C4CCCCC4)cc23)c1-c1ccc([N+](=O)[O-])cc1. The van der Waals surface area contributed by atoms with E-state index in [-0.39, 0.29) is 18.0 Å². The molecule has 0 spiro atoms. The third kappa shape index (κ3) is 4.37. The third-order valence-corrected chi connectivity index (χ3v) is 6.54. The number of aromatic nitrogens is 4. The summed E-state index contributed by atoms with van der Waals surface area (Å²) in [5.41, 5.74) is 3.79. The highest BCUT2D eigenvalue weighted by atomic mass is 16.6. The number of hydrogen-bond acceptors (Lipinski definition) is 7. The minimum atomic E-state index is -0.603. The van der Waals surface area contributed by atoms with Crippen LogP contribution in [-0.2, 0) is 4.74 Å². The molecule has 2 heterocycles. The first-order chi connectivity index (χ1) is 17.1. The zero-order valence-electron chi connectivity index (χ0n) is 19.4. The van der Waals surface area contributed by atoms with Crippen LogP contribution in [0.1, 0.15) is 61.0 Å². The molecule has 0 atom stereocenters. The van der Waals surface area contributed by atoms with Gasteiger partial charge in [0.05, 0.1) is 22.7 Å². The number of nitro groups is 1. The number of carbonyl (C=O) groups is 1. The van der Waals surface area contributed by atoms with Gasteiger partial charge in [-0.25, -0.2) is 9.48 Å². The molecule has 35 heavy (non-hydrogen) atoms. The van der Waals surface area contributed by atoms with Crippen LogP contribution in [0.3, 0.4) is 0 Å². The molecule has 0 bridgehead atoms. The molecular weight excluding hydrogens is 446 g/mol. The Morgan fingerprint density at radius 2 is 1.89 bits per heavy atom. The maximum absolute atomic E-state index is 12.7. The number of fused-ring (bicyclic) bond motifs is 1. The van der Waals surface area contributed by atoms with E-state index in [2.05, 4.69) is 27.4 Å². The topological polar surface area (TPSA) is 113 Å². The summed E-state index contributed by atoms with van der Waals surface area (Å²) in [6.45, 7) is 1.91. The van der Waals surface area contributed by atoms with Crippen molar-refractivity contribution >= 4 is 22.6 Å². The minimum Gasteiger partial charge on any atom is -0.461 e. The van der Waals surface area contributed by atoms with Crippen molar-refractivity contribution in [2.45, 2.75) is 44.9 Å². The van der Waals surface area contributed by atoms with E-state index in [4.69, 9.17) is 4.74 Å². The highest BCUT2D eigenvalue weighted by molar-refractivity contribution is 5.96. The number of benzene rings is 2. The fourth-order valence-electron chi connectivity index (χ4n) is 4.81. The number of hydrogen-bond donors (Lipinski definition) is 0. The van der Waals surface area contributed by atoms with Crippen molar-refractivity contribution in [3.8, 4) is 16.9 Å². The van der Waals surface area contributed by atoms with Crippen LogP contribution in [0.2, 0.25) is 0 Å². The van der Waals surface area contributed by atoms with E-state index in [1.807, 2.05) is 12.1 Å². The number of ether oxygens (including phenoxy) is 1. The molecule has 1 fully saturated rings. The fraction of sp³-hybridized carbons (Fsp3) is 0.308. The van der Waals surface area contributed by atoms with Crippen molar-refractivity contribution in [3.05, 3.63) is 76.1 Å². The van der Waals surface area contributed by atoms with Gasteiger partial charge in [0.1, 0.15) is 5.69 Å². The number of esters is 1. The second-order valence-electron chi connectivity index (χ2n) is 8.66. The summed E-state index contributed by atoms with van der Waals surface area (Å²) in [5.74, 6) is -0.0884. The summed E-state index contributed by atoms with van der Waals surface area (Å²) in [7, 11) is 0. The van der Waals surface area contributed by atoms with E-state index in [0.717, 1.165) is 16.6 Å². The first-order valence-electron chi connectivity index (χ1n) is 11.8. The average molecular weight is 472 g/mol. The van der Waals surface area contributed by atoms with Gasteiger partial charge in [-0.1, -0.05) is 30.5 Å². The number of nitrogens with zero attached hydrogens (tertiary/aromatic N) is 5. The lowest BCUT2D eigenvalue weighted by atomic mass is 9.83. The molecule has 178 valence electrons. The molecule has 0 aliphatic heterocycles. The van der Waals surface area contributed by atoms with E-state index < -0.39 is 10.9 Å². The van der Waals surface area contributed by atoms with Gasteiger partial charge in [-0.2, -0.15) is 0 Å². The molecule has 1 aliphatic carbocycles. The zero-order chi connectivity index (χ0) is 24.4. The summed E-state index contributed by atoms with van der Waals surface area (Å²) in [6, 6.07) is 14.2. The van der Waals surface area contributed by atoms with Crippen LogP contribution in [0.15, 0.2) is 54.7 Å². The van der Waals surface area contributed by atoms with Crippen molar-refractivity contribution in [1.82, 2.24) is 20.0 Å². The largest absolute Gasteiger partial charge is 0.461 e. The summed E-state index contributed by atoms with van der Waals surface area (Å²) in [5, 5.41) is 20.5. The molecule has 4 aromatic rings. The maximum Gasteiger partial charge on any atom is 0.361 e. The minimum absolute atomic E-state index is 0.0445. The molecule has 1 saturated carbocycles. The fourth-order valence-corrected chi connectivity index (χ4v) is 4.81. The van der Waals surface area contributed by atoms with Gasteiger partial charge in [0.15, 0.2) is 5.69 Å². The Labute approximate surface area is 201 Å². The van der Waals surface area contributed by atoms with Crippen LogP contribution >= 0.6 is 0 Å². The molecule has 1 aliphatic rings. The predicted molar refractivity (Wildman–Crippen MR) is 131 cm³/mol. The van der Waals surface area contributed by atoms with Crippen molar-refractivity contribution in [3.63, 3.8) is 0 Å². The van der Waals surface area contributed by atoms with E-state index in [1.54, 1.807) is 29.9 Å². The highest BCUT2D eigenvalue weighted by Crippen LogP contribution is 2.36. The van der Waals surface area contributed by atoms with E-state index in [0.29, 0.717) is 17.2 Å². The van der Waals surface area contributed by atoms with Crippen molar-refractivity contribution < 1.29 is 14.5 Å². The van der Waals surface area contributed by atoms with Gasteiger partial charge in [-0.05, 0) is 61.6 Å². The molecule has 0 amide bonds. The third-order valence-electron chi connectivity index (χ3n) is 6.54. The molecule has 9 nitrogen and oxygen atoms in total. The van der Waals surface area contributed by atoms with Crippen LogP contribution in [0.5, 0.6) is 0 Å². The number of rotatable bonds is 6. The van der Waals surface area contributed by atoms with Gasteiger partial charge in [0.25, 0.3) is 5.69 Å². The number of carbonyl (C=O) groups excluding carboxylic acids is 1. The Hall–Kier alpha value is -4.14. The molecule has 0 radical (unpaired) electrons. The lowest BCUT2D eigenvalue weighted by Crippen LogP contribution is -2.08. The van der Waals surface area contributed by atoms with Crippen LogP contribution in [0, 0.1) is 10.1 Å². The van der Waals surface area contributed by atoms with Gasteiger partial charge in [-0.15, -0.1) is 5.10 Å². The predicted octanol–water partition coefficient (Wildman–Crippen LogP) is 5.62. The van der Waals surface area contributed by atoms with Crippen LogP contribution in [-0.4, -0.2) is 37.5 Å². The lowest BCUT2D eigenvalue weighted by molar-refractivity contribution is -0.384. The standard InChI is InChI=1S/C26H25N5O4/c1-2-35-26(32)24-25(18-8-11-20(12-9-18)31(33)34)30(29-28-24)23-14-15-27-22-13-10-19(16-21(22)23)17-6-4-3-5-7-17/h8-17H,2-7H2,1H3. The van der Waals surface area contributed by atoms with Gasteiger partial charge in [0.2, 0.25) is 0 Å². The molecule has 2 aromatic heterocycles. The molecule has 9 heteroatoms. The first-order valence-corrected chi connectivity index (χ1v) is 11.8.